The maximum Gasteiger partial charge on any atom is 0.0456 e. The number of thiophene rings is 1. The maximum absolute atomic E-state index is 3.45. The van der Waals surface area contributed by atoms with Gasteiger partial charge in [-0.25, -0.2) is 0 Å². The maximum atomic E-state index is 3.45. The first kappa shape index (κ1) is 13.3. The Morgan fingerprint density at radius 3 is 2.50 bits per heavy atom. The van der Waals surface area contributed by atoms with E-state index in [1.54, 1.807) is 0 Å². The number of likely N-dealkylation sites (N-methyl/N-ethyl adjacent to an activating group) is 1. The quantitative estimate of drug-likeness (QED) is 0.851. The van der Waals surface area contributed by atoms with Gasteiger partial charge in [0.05, 0.1) is 0 Å². The summed E-state index contributed by atoms with van der Waals surface area (Å²) in [7, 11) is 2.05. The molecule has 1 nitrogen and oxygen atoms in total. The van der Waals surface area contributed by atoms with Crippen LogP contribution in [0.1, 0.15) is 34.5 Å². The van der Waals surface area contributed by atoms with Crippen LogP contribution >= 0.6 is 11.3 Å². The molecule has 1 heterocycles. The molecule has 0 saturated carbocycles. The molecule has 1 N–H and O–H groups in total. The fraction of sp³-hybridized carbons (Fsp3) is 0.375. The highest BCUT2D eigenvalue weighted by Gasteiger charge is 2.14. The smallest absolute Gasteiger partial charge is 0.0456 e. The van der Waals surface area contributed by atoms with Gasteiger partial charge in [-0.1, -0.05) is 36.8 Å². The van der Waals surface area contributed by atoms with Crippen LogP contribution in [0.4, 0.5) is 0 Å². The zero-order valence-corrected chi connectivity index (χ0v) is 12.2. The summed E-state index contributed by atoms with van der Waals surface area (Å²) in [6.45, 7) is 4.36. The van der Waals surface area contributed by atoms with Crippen LogP contribution in [0.3, 0.4) is 0 Å². The molecular formula is C16H21NS. The van der Waals surface area contributed by atoms with Gasteiger partial charge in [-0.2, -0.15) is 0 Å². The summed E-state index contributed by atoms with van der Waals surface area (Å²) < 4.78 is 0. The van der Waals surface area contributed by atoms with Crippen molar-refractivity contribution in [3.63, 3.8) is 0 Å². The highest BCUT2D eigenvalue weighted by molar-refractivity contribution is 7.10. The normalized spacial score (nSPS) is 12.6. The minimum absolute atomic E-state index is 0.433. The van der Waals surface area contributed by atoms with Gasteiger partial charge < -0.3 is 5.32 Å². The Morgan fingerprint density at radius 2 is 1.89 bits per heavy atom. The van der Waals surface area contributed by atoms with E-state index < -0.39 is 0 Å². The molecule has 1 unspecified atom stereocenters. The van der Waals surface area contributed by atoms with Crippen LogP contribution in [-0.2, 0) is 12.8 Å². The molecule has 1 aromatic heterocycles. The van der Waals surface area contributed by atoms with Gasteiger partial charge in [0, 0.05) is 10.9 Å². The van der Waals surface area contributed by atoms with Crippen LogP contribution in [0.25, 0.3) is 0 Å². The van der Waals surface area contributed by atoms with Crippen LogP contribution in [0.5, 0.6) is 0 Å². The number of hydrogen-bond donors (Lipinski definition) is 1. The zero-order valence-electron chi connectivity index (χ0n) is 11.4. The molecule has 96 valence electrons. The first-order valence-corrected chi connectivity index (χ1v) is 7.41. The zero-order chi connectivity index (χ0) is 13.0. The summed E-state index contributed by atoms with van der Waals surface area (Å²) in [5, 5.41) is 5.65. The molecule has 0 aliphatic carbocycles. The van der Waals surface area contributed by atoms with E-state index in [1.807, 2.05) is 11.3 Å². The van der Waals surface area contributed by atoms with Crippen molar-refractivity contribution in [2.45, 2.75) is 32.7 Å². The van der Waals surface area contributed by atoms with Crippen molar-refractivity contribution >= 4 is 11.3 Å². The van der Waals surface area contributed by atoms with Crippen LogP contribution in [-0.4, -0.2) is 7.05 Å². The standard InChI is InChI=1S/C16H21NS/c1-4-14-9-10-18-16(14)15(17-3)11-13-7-5-12(2)6-8-13/h5-10,15,17H,4,11H2,1-3H3. The first-order chi connectivity index (χ1) is 8.74. The summed E-state index contributed by atoms with van der Waals surface area (Å²) in [6.07, 6.45) is 2.18. The lowest BCUT2D eigenvalue weighted by Crippen LogP contribution is -2.18. The Labute approximate surface area is 114 Å². The molecule has 2 heteroatoms. The predicted octanol–water partition coefficient (Wildman–Crippen LogP) is 4.12. The molecule has 0 saturated heterocycles. The van der Waals surface area contributed by atoms with E-state index in [4.69, 9.17) is 0 Å². The number of hydrogen-bond acceptors (Lipinski definition) is 2. The third kappa shape index (κ3) is 3.01. The molecule has 18 heavy (non-hydrogen) atoms. The van der Waals surface area contributed by atoms with Gasteiger partial charge in [0.25, 0.3) is 0 Å². The van der Waals surface area contributed by atoms with Crippen molar-refractivity contribution in [2.75, 3.05) is 7.05 Å². The van der Waals surface area contributed by atoms with E-state index in [9.17, 15) is 0 Å². The largest absolute Gasteiger partial charge is 0.312 e. The highest BCUT2D eigenvalue weighted by Crippen LogP contribution is 2.27. The van der Waals surface area contributed by atoms with E-state index in [-0.39, 0.29) is 0 Å². The summed E-state index contributed by atoms with van der Waals surface area (Å²) in [6, 6.07) is 11.5. The van der Waals surface area contributed by atoms with E-state index in [1.165, 1.54) is 21.6 Å². The minimum atomic E-state index is 0.433. The van der Waals surface area contributed by atoms with Gasteiger partial charge in [0.1, 0.15) is 0 Å². The average Bonchev–Trinajstić information content (AvgIpc) is 2.86. The molecule has 0 fully saturated rings. The van der Waals surface area contributed by atoms with Gasteiger partial charge in [0.2, 0.25) is 0 Å². The van der Waals surface area contributed by atoms with Crippen molar-refractivity contribution in [1.82, 2.24) is 5.32 Å². The summed E-state index contributed by atoms with van der Waals surface area (Å²) in [5.41, 5.74) is 4.20. The van der Waals surface area contributed by atoms with Gasteiger partial charge in [-0.15, -0.1) is 11.3 Å². The lowest BCUT2D eigenvalue weighted by molar-refractivity contribution is 0.597. The van der Waals surface area contributed by atoms with Gasteiger partial charge in [0.15, 0.2) is 0 Å². The summed E-state index contributed by atoms with van der Waals surface area (Å²) >= 11 is 1.87. The third-order valence-corrected chi connectivity index (χ3v) is 4.46. The second-order valence-electron chi connectivity index (χ2n) is 4.69. The lowest BCUT2D eigenvalue weighted by Gasteiger charge is -2.17. The van der Waals surface area contributed by atoms with Crippen molar-refractivity contribution in [2.24, 2.45) is 0 Å². The van der Waals surface area contributed by atoms with Crippen LogP contribution < -0.4 is 5.32 Å². The van der Waals surface area contributed by atoms with Crippen molar-refractivity contribution in [1.29, 1.82) is 0 Å². The number of nitrogens with one attached hydrogen (secondary N) is 1. The third-order valence-electron chi connectivity index (χ3n) is 3.39. The fourth-order valence-electron chi connectivity index (χ4n) is 2.23. The molecule has 1 atom stereocenters. The SMILES string of the molecule is CCc1ccsc1C(Cc1ccc(C)cc1)NC. The molecule has 0 bridgehead atoms. The second kappa shape index (κ2) is 6.17. The number of rotatable bonds is 5. The Morgan fingerprint density at radius 1 is 1.17 bits per heavy atom. The topological polar surface area (TPSA) is 12.0 Å². The van der Waals surface area contributed by atoms with Crippen molar-refractivity contribution < 1.29 is 0 Å². The average molecular weight is 259 g/mol. The molecule has 0 spiro atoms. The van der Waals surface area contributed by atoms with Crippen LogP contribution in [0.2, 0.25) is 0 Å². The molecule has 0 radical (unpaired) electrons. The molecular weight excluding hydrogens is 238 g/mol. The number of aryl methyl sites for hydroxylation is 2. The van der Waals surface area contributed by atoms with Crippen LogP contribution in [0.15, 0.2) is 35.7 Å². The van der Waals surface area contributed by atoms with E-state index in [0.29, 0.717) is 6.04 Å². The van der Waals surface area contributed by atoms with E-state index in [2.05, 4.69) is 61.9 Å². The summed E-state index contributed by atoms with van der Waals surface area (Å²) in [5.74, 6) is 0. The van der Waals surface area contributed by atoms with Crippen molar-refractivity contribution in [3.8, 4) is 0 Å². The minimum Gasteiger partial charge on any atom is -0.312 e. The summed E-state index contributed by atoms with van der Waals surface area (Å²) in [4.78, 5) is 1.49. The monoisotopic (exact) mass is 259 g/mol. The van der Waals surface area contributed by atoms with Gasteiger partial charge >= 0.3 is 0 Å². The molecule has 0 aliphatic rings. The second-order valence-corrected chi connectivity index (χ2v) is 5.64. The Balaban J connectivity index is 2.17. The predicted molar refractivity (Wildman–Crippen MR) is 80.4 cm³/mol. The Hall–Kier alpha value is -1.12. The van der Waals surface area contributed by atoms with Crippen molar-refractivity contribution in [3.05, 3.63) is 57.3 Å². The van der Waals surface area contributed by atoms with Gasteiger partial charge in [-0.3, -0.25) is 0 Å². The Bertz CT molecular complexity index is 484. The molecule has 2 rings (SSSR count). The Kier molecular flexibility index (Phi) is 4.56. The van der Waals surface area contributed by atoms with Crippen LogP contribution in [0, 0.1) is 6.92 Å². The number of benzene rings is 1. The molecule has 1 aromatic carbocycles. The van der Waals surface area contributed by atoms with E-state index >= 15 is 0 Å². The molecule has 0 amide bonds. The fourth-order valence-corrected chi connectivity index (χ4v) is 3.34. The van der Waals surface area contributed by atoms with E-state index in [0.717, 1.165) is 12.8 Å². The highest BCUT2D eigenvalue weighted by atomic mass is 32.1. The molecule has 0 aliphatic heterocycles. The molecule has 2 aromatic rings. The van der Waals surface area contributed by atoms with Gasteiger partial charge in [-0.05, 0) is 49.4 Å². The lowest BCUT2D eigenvalue weighted by atomic mass is 10.0. The first-order valence-electron chi connectivity index (χ1n) is 6.53.